The first-order chi connectivity index (χ1) is 12.4. The van der Waals surface area contributed by atoms with Crippen LogP contribution in [0.1, 0.15) is 18.1 Å². The van der Waals surface area contributed by atoms with Crippen molar-refractivity contribution in [2.24, 2.45) is 0 Å². The molecule has 0 saturated heterocycles. The second kappa shape index (κ2) is 9.01. The summed E-state index contributed by atoms with van der Waals surface area (Å²) in [7, 11) is 1.47. The highest BCUT2D eigenvalue weighted by molar-refractivity contribution is 5.97. The van der Waals surface area contributed by atoms with Gasteiger partial charge in [0, 0.05) is 24.2 Å². The smallest absolute Gasteiger partial charge is 0.250 e. The highest BCUT2D eigenvalue weighted by Crippen LogP contribution is 2.18. The van der Waals surface area contributed by atoms with E-state index < -0.39 is 6.04 Å². The molecule has 0 saturated carbocycles. The molecule has 0 heterocycles. The normalized spacial score (nSPS) is 11.5. The number of anilines is 3. The summed E-state index contributed by atoms with van der Waals surface area (Å²) in [5.41, 5.74) is 4.40. The van der Waals surface area contributed by atoms with Gasteiger partial charge in [0.25, 0.3) is 0 Å². The molecule has 26 heavy (non-hydrogen) atoms. The fraction of sp³-hybridized carbons (Fsp3) is 0.300. The highest BCUT2D eigenvalue weighted by atomic mass is 16.5. The van der Waals surface area contributed by atoms with Gasteiger partial charge in [-0.2, -0.15) is 0 Å². The third kappa shape index (κ3) is 5.60. The van der Waals surface area contributed by atoms with E-state index in [9.17, 15) is 9.59 Å². The maximum Gasteiger partial charge on any atom is 0.250 e. The molecule has 6 heteroatoms. The van der Waals surface area contributed by atoms with E-state index in [1.807, 2.05) is 44.2 Å². The fourth-order valence-corrected chi connectivity index (χ4v) is 2.40. The molecule has 0 aliphatic heterocycles. The number of rotatable bonds is 7. The van der Waals surface area contributed by atoms with Crippen molar-refractivity contribution in [3.63, 3.8) is 0 Å². The molecule has 138 valence electrons. The zero-order valence-electron chi connectivity index (χ0n) is 15.6. The van der Waals surface area contributed by atoms with E-state index in [2.05, 4.69) is 16.0 Å². The van der Waals surface area contributed by atoms with Gasteiger partial charge in [0.2, 0.25) is 11.8 Å². The van der Waals surface area contributed by atoms with Gasteiger partial charge in [0.1, 0.15) is 12.6 Å². The molecule has 2 aromatic carbocycles. The fourth-order valence-electron chi connectivity index (χ4n) is 2.40. The maximum absolute atomic E-state index is 12.4. The van der Waals surface area contributed by atoms with Crippen LogP contribution in [0.25, 0.3) is 0 Å². The Kier molecular flexibility index (Phi) is 6.74. The molecule has 0 radical (unpaired) electrons. The van der Waals surface area contributed by atoms with E-state index in [0.29, 0.717) is 5.69 Å². The van der Waals surface area contributed by atoms with Crippen LogP contribution in [0, 0.1) is 13.8 Å². The lowest BCUT2D eigenvalue weighted by molar-refractivity contribution is -0.119. The Hall–Kier alpha value is -2.86. The van der Waals surface area contributed by atoms with Crippen molar-refractivity contribution < 1.29 is 14.3 Å². The van der Waals surface area contributed by atoms with E-state index in [0.717, 1.165) is 22.5 Å². The minimum Gasteiger partial charge on any atom is -0.375 e. The highest BCUT2D eigenvalue weighted by Gasteiger charge is 2.14. The molecule has 0 fully saturated rings. The van der Waals surface area contributed by atoms with E-state index in [-0.39, 0.29) is 18.4 Å². The molecule has 6 nitrogen and oxygen atoms in total. The van der Waals surface area contributed by atoms with Crippen LogP contribution in [0.5, 0.6) is 0 Å². The summed E-state index contributed by atoms with van der Waals surface area (Å²) in [6.07, 6.45) is 0. The number of amides is 2. The molecule has 0 spiro atoms. The lowest BCUT2D eigenvalue weighted by atomic mass is 10.1. The van der Waals surface area contributed by atoms with Crippen LogP contribution in [-0.2, 0) is 14.3 Å². The van der Waals surface area contributed by atoms with Crippen molar-refractivity contribution in [3.8, 4) is 0 Å². The molecule has 1 unspecified atom stereocenters. The lowest BCUT2D eigenvalue weighted by Gasteiger charge is -2.17. The van der Waals surface area contributed by atoms with Crippen molar-refractivity contribution in [2.45, 2.75) is 26.8 Å². The van der Waals surface area contributed by atoms with Gasteiger partial charge >= 0.3 is 0 Å². The molecule has 0 aliphatic carbocycles. The Morgan fingerprint density at radius 1 is 1.00 bits per heavy atom. The zero-order valence-corrected chi connectivity index (χ0v) is 15.6. The minimum atomic E-state index is -0.413. The summed E-state index contributed by atoms with van der Waals surface area (Å²) in [5, 5.41) is 8.82. The van der Waals surface area contributed by atoms with Crippen LogP contribution < -0.4 is 16.0 Å². The average Bonchev–Trinajstić information content (AvgIpc) is 2.60. The predicted octanol–water partition coefficient (Wildman–Crippen LogP) is 3.33. The monoisotopic (exact) mass is 355 g/mol. The number of hydrogen-bond donors (Lipinski definition) is 3. The van der Waals surface area contributed by atoms with Crippen LogP contribution in [0.15, 0.2) is 42.5 Å². The van der Waals surface area contributed by atoms with E-state index in [1.165, 1.54) is 7.11 Å². The Labute approximate surface area is 153 Å². The molecule has 2 amide bonds. The lowest BCUT2D eigenvalue weighted by Crippen LogP contribution is -2.32. The van der Waals surface area contributed by atoms with Gasteiger partial charge in [-0.05, 0) is 62.2 Å². The molecule has 0 aromatic heterocycles. The standard InChI is InChI=1S/C20H25N3O3/c1-13-5-6-14(2)18(11-13)23-20(25)15(3)21-16-7-9-17(10-8-16)22-19(24)12-26-4/h5-11,15,21H,12H2,1-4H3,(H,22,24)(H,23,25). The van der Waals surface area contributed by atoms with Gasteiger partial charge in [-0.15, -0.1) is 0 Å². The van der Waals surface area contributed by atoms with Crippen molar-refractivity contribution in [2.75, 3.05) is 29.7 Å². The first-order valence-corrected chi connectivity index (χ1v) is 8.42. The van der Waals surface area contributed by atoms with E-state index in [4.69, 9.17) is 4.74 Å². The molecule has 3 N–H and O–H groups in total. The summed E-state index contributed by atoms with van der Waals surface area (Å²) >= 11 is 0. The Balaban J connectivity index is 1.94. The Morgan fingerprint density at radius 3 is 2.31 bits per heavy atom. The number of nitrogens with one attached hydrogen (secondary N) is 3. The summed E-state index contributed by atoms with van der Waals surface area (Å²) in [6, 6.07) is 12.7. The number of hydrogen-bond acceptors (Lipinski definition) is 4. The SMILES string of the molecule is COCC(=O)Nc1ccc(NC(C)C(=O)Nc2cc(C)ccc2C)cc1. The van der Waals surface area contributed by atoms with Crippen molar-refractivity contribution in [1.29, 1.82) is 0 Å². The molecule has 0 bridgehead atoms. The molecular formula is C20H25N3O3. The van der Waals surface area contributed by atoms with Crippen LogP contribution in [0.3, 0.4) is 0 Å². The van der Waals surface area contributed by atoms with Gasteiger partial charge in [0.15, 0.2) is 0 Å². The van der Waals surface area contributed by atoms with Crippen LogP contribution in [-0.4, -0.2) is 31.6 Å². The first-order valence-electron chi connectivity index (χ1n) is 8.42. The van der Waals surface area contributed by atoms with Crippen LogP contribution in [0.4, 0.5) is 17.1 Å². The number of carbonyl (C=O) groups is 2. The molecular weight excluding hydrogens is 330 g/mol. The quantitative estimate of drug-likeness (QED) is 0.712. The van der Waals surface area contributed by atoms with Crippen LogP contribution >= 0.6 is 0 Å². The Morgan fingerprint density at radius 2 is 1.65 bits per heavy atom. The van der Waals surface area contributed by atoms with E-state index >= 15 is 0 Å². The summed E-state index contributed by atoms with van der Waals surface area (Å²) in [5.74, 6) is -0.328. The number of ether oxygens (including phenoxy) is 1. The molecule has 2 aromatic rings. The molecule has 2 rings (SSSR count). The topological polar surface area (TPSA) is 79.5 Å². The number of benzene rings is 2. The average molecular weight is 355 g/mol. The van der Waals surface area contributed by atoms with Gasteiger partial charge in [0.05, 0.1) is 0 Å². The van der Waals surface area contributed by atoms with Gasteiger partial charge < -0.3 is 20.7 Å². The van der Waals surface area contributed by atoms with Crippen molar-refractivity contribution in [1.82, 2.24) is 0 Å². The summed E-state index contributed by atoms with van der Waals surface area (Å²) in [6.45, 7) is 5.76. The van der Waals surface area contributed by atoms with Crippen molar-refractivity contribution in [3.05, 3.63) is 53.6 Å². The maximum atomic E-state index is 12.4. The molecule has 1 atom stereocenters. The second-order valence-corrected chi connectivity index (χ2v) is 6.23. The van der Waals surface area contributed by atoms with Gasteiger partial charge in [-0.1, -0.05) is 12.1 Å². The number of aryl methyl sites for hydroxylation is 2. The third-order valence-corrected chi connectivity index (χ3v) is 3.87. The van der Waals surface area contributed by atoms with Crippen LogP contribution in [0.2, 0.25) is 0 Å². The van der Waals surface area contributed by atoms with Gasteiger partial charge in [-0.3, -0.25) is 9.59 Å². The summed E-state index contributed by atoms with van der Waals surface area (Å²) < 4.78 is 4.77. The summed E-state index contributed by atoms with van der Waals surface area (Å²) in [4.78, 5) is 23.9. The second-order valence-electron chi connectivity index (χ2n) is 6.23. The first kappa shape index (κ1) is 19.5. The largest absolute Gasteiger partial charge is 0.375 e. The predicted molar refractivity (Wildman–Crippen MR) is 105 cm³/mol. The number of methoxy groups -OCH3 is 1. The number of carbonyl (C=O) groups excluding carboxylic acids is 2. The van der Waals surface area contributed by atoms with Gasteiger partial charge in [-0.25, -0.2) is 0 Å². The zero-order chi connectivity index (χ0) is 19.1. The van der Waals surface area contributed by atoms with E-state index in [1.54, 1.807) is 19.1 Å². The third-order valence-electron chi connectivity index (χ3n) is 3.87. The Bertz CT molecular complexity index is 772. The van der Waals surface area contributed by atoms with Crippen molar-refractivity contribution >= 4 is 28.9 Å². The molecule has 0 aliphatic rings. The minimum absolute atomic E-state index is 0.00951.